The Balaban J connectivity index is 1.35. The molecule has 7 nitrogen and oxygen atoms in total. The van der Waals surface area contributed by atoms with E-state index in [2.05, 4.69) is 15.3 Å². The molecule has 1 aromatic heterocycles. The van der Waals surface area contributed by atoms with Gasteiger partial charge in [0, 0.05) is 23.7 Å². The second kappa shape index (κ2) is 10.1. The number of methoxy groups -OCH3 is 1. The number of rotatable bonds is 8. The lowest BCUT2D eigenvalue weighted by Gasteiger charge is -2.13. The van der Waals surface area contributed by atoms with Gasteiger partial charge in [0.15, 0.2) is 23.3 Å². The quantitative estimate of drug-likeness (QED) is 0.392. The maximum Gasteiger partial charge on any atom is 0.258 e. The van der Waals surface area contributed by atoms with Gasteiger partial charge in [-0.25, -0.2) is 9.97 Å². The van der Waals surface area contributed by atoms with E-state index in [0.29, 0.717) is 40.4 Å². The first-order valence-corrected chi connectivity index (χ1v) is 11.6. The van der Waals surface area contributed by atoms with Gasteiger partial charge in [-0.1, -0.05) is 35.5 Å². The standard InChI is InChI=1S/C23H22ClN3O4S/c1-29-19-5-3-4-6-20(19)30-13-21(28)26-12-16-10-15-9-14(11-17(24)22(15)31-16)18-7-8-25-23(27-18)32-2/h3-9,11,16H,10,12-13H2,1-2H3,(H,26,28). The first-order chi connectivity index (χ1) is 15.6. The molecule has 1 aliphatic heterocycles. The van der Waals surface area contributed by atoms with Crippen LogP contribution in [-0.4, -0.2) is 48.5 Å². The Hall–Kier alpha value is -2.97. The summed E-state index contributed by atoms with van der Waals surface area (Å²) in [5.74, 6) is 1.50. The molecule has 166 valence electrons. The molecule has 0 saturated carbocycles. The molecule has 1 aliphatic rings. The minimum absolute atomic E-state index is 0.115. The molecule has 0 bridgehead atoms. The zero-order valence-electron chi connectivity index (χ0n) is 17.6. The SMILES string of the molecule is COc1ccccc1OCC(=O)NCC1Cc2cc(-c3ccnc(SC)n3)cc(Cl)c2O1. The molecule has 1 amide bonds. The molecule has 2 aromatic carbocycles. The van der Waals surface area contributed by atoms with Gasteiger partial charge in [-0.3, -0.25) is 4.79 Å². The fourth-order valence-electron chi connectivity index (χ4n) is 3.41. The number of hydrogen-bond acceptors (Lipinski definition) is 7. The number of thioether (sulfide) groups is 1. The van der Waals surface area contributed by atoms with Crippen molar-refractivity contribution < 1.29 is 19.0 Å². The third-order valence-electron chi connectivity index (χ3n) is 4.92. The lowest BCUT2D eigenvalue weighted by Crippen LogP contribution is -2.37. The van der Waals surface area contributed by atoms with E-state index in [-0.39, 0.29) is 18.6 Å². The topological polar surface area (TPSA) is 82.6 Å². The molecule has 0 radical (unpaired) electrons. The summed E-state index contributed by atoms with van der Waals surface area (Å²) < 4.78 is 16.8. The van der Waals surface area contributed by atoms with Crippen LogP contribution >= 0.6 is 23.4 Å². The largest absolute Gasteiger partial charge is 0.493 e. The Labute approximate surface area is 195 Å². The molecule has 4 rings (SSSR count). The van der Waals surface area contributed by atoms with E-state index >= 15 is 0 Å². The van der Waals surface area contributed by atoms with Gasteiger partial charge in [0.25, 0.3) is 5.91 Å². The van der Waals surface area contributed by atoms with E-state index in [0.717, 1.165) is 16.8 Å². The number of carbonyl (C=O) groups excluding carboxylic acids is 1. The lowest BCUT2D eigenvalue weighted by atomic mass is 10.0. The Morgan fingerprint density at radius 2 is 2.09 bits per heavy atom. The highest BCUT2D eigenvalue weighted by molar-refractivity contribution is 7.98. The molecule has 0 aliphatic carbocycles. The average molecular weight is 472 g/mol. The minimum Gasteiger partial charge on any atom is -0.493 e. The summed E-state index contributed by atoms with van der Waals surface area (Å²) in [6, 6.07) is 12.9. The molecule has 1 unspecified atom stereocenters. The van der Waals surface area contributed by atoms with Crippen LogP contribution in [0, 0.1) is 0 Å². The number of benzene rings is 2. The summed E-state index contributed by atoms with van der Waals surface area (Å²) >= 11 is 7.96. The van der Waals surface area contributed by atoms with Crippen molar-refractivity contribution in [1.29, 1.82) is 0 Å². The normalized spacial score (nSPS) is 14.4. The molecular formula is C23H22ClN3O4S. The molecule has 0 fully saturated rings. The molecule has 1 atom stereocenters. The summed E-state index contributed by atoms with van der Waals surface area (Å²) in [5, 5.41) is 4.08. The fraction of sp³-hybridized carbons (Fsp3) is 0.261. The maximum atomic E-state index is 12.2. The van der Waals surface area contributed by atoms with Crippen molar-refractivity contribution >= 4 is 29.3 Å². The highest BCUT2D eigenvalue weighted by atomic mass is 35.5. The average Bonchev–Trinajstić information content (AvgIpc) is 3.25. The van der Waals surface area contributed by atoms with E-state index in [1.807, 2.05) is 36.6 Å². The van der Waals surface area contributed by atoms with E-state index in [9.17, 15) is 4.79 Å². The number of carbonyl (C=O) groups is 1. The molecule has 2 heterocycles. The van der Waals surface area contributed by atoms with Crippen LogP contribution < -0.4 is 19.5 Å². The van der Waals surface area contributed by atoms with Gasteiger partial charge in [0.2, 0.25) is 0 Å². The van der Waals surface area contributed by atoms with Gasteiger partial charge in [-0.05, 0) is 36.6 Å². The Morgan fingerprint density at radius 1 is 1.28 bits per heavy atom. The predicted molar refractivity (Wildman–Crippen MR) is 124 cm³/mol. The Morgan fingerprint density at radius 3 is 2.88 bits per heavy atom. The number of amides is 1. The van der Waals surface area contributed by atoms with Crippen LogP contribution in [0.25, 0.3) is 11.3 Å². The zero-order valence-corrected chi connectivity index (χ0v) is 19.2. The van der Waals surface area contributed by atoms with E-state index in [1.54, 1.807) is 25.4 Å². The third kappa shape index (κ3) is 5.08. The third-order valence-corrected chi connectivity index (χ3v) is 5.76. The van der Waals surface area contributed by atoms with Crippen LogP contribution in [0.3, 0.4) is 0 Å². The van der Waals surface area contributed by atoms with E-state index < -0.39 is 0 Å². The molecular weight excluding hydrogens is 450 g/mol. The Bertz CT molecular complexity index is 1130. The van der Waals surface area contributed by atoms with Gasteiger partial charge < -0.3 is 19.5 Å². The first kappa shape index (κ1) is 22.2. The van der Waals surface area contributed by atoms with Crippen molar-refractivity contribution in [2.24, 2.45) is 0 Å². The lowest BCUT2D eigenvalue weighted by molar-refractivity contribution is -0.123. The van der Waals surface area contributed by atoms with Crippen LogP contribution in [0.1, 0.15) is 5.56 Å². The van der Waals surface area contributed by atoms with Gasteiger partial charge in [0.05, 0.1) is 24.4 Å². The van der Waals surface area contributed by atoms with Crippen molar-refractivity contribution in [2.75, 3.05) is 26.5 Å². The summed E-state index contributed by atoms with van der Waals surface area (Å²) in [6.07, 6.45) is 4.09. The van der Waals surface area contributed by atoms with Crippen molar-refractivity contribution in [3.05, 3.63) is 59.2 Å². The first-order valence-electron chi connectivity index (χ1n) is 9.96. The van der Waals surface area contributed by atoms with Crippen molar-refractivity contribution in [2.45, 2.75) is 17.7 Å². The highest BCUT2D eigenvalue weighted by Crippen LogP contribution is 2.39. The maximum absolute atomic E-state index is 12.2. The van der Waals surface area contributed by atoms with Crippen molar-refractivity contribution in [1.82, 2.24) is 15.3 Å². The number of nitrogens with zero attached hydrogens (tertiary/aromatic N) is 2. The summed E-state index contributed by atoms with van der Waals surface area (Å²) in [7, 11) is 1.56. The van der Waals surface area contributed by atoms with Gasteiger partial charge >= 0.3 is 0 Å². The van der Waals surface area contributed by atoms with Crippen LogP contribution in [0.15, 0.2) is 53.8 Å². The second-order valence-electron chi connectivity index (χ2n) is 7.06. The van der Waals surface area contributed by atoms with Crippen LogP contribution in [0.5, 0.6) is 17.2 Å². The summed E-state index contributed by atoms with van der Waals surface area (Å²) in [4.78, 5) is 21.0. The number of halogens is 1. The van der Waals surface area contributed by atoms with Crippen molar-refractivity contribution in [3.8, 4) is 28.5 Å². The summed E-state index contributed by atoms with van der Waals surface area (Å²) in [6.45, 7) is 0.231. The van der Waals surface area contributed by atoms with Gasteiger partial charge in [-0.2, -0.15) is 0 Å². The highest BCUT2D eigenvalue weighted by Gasteiger charge is 2.26. The molecule has 32 heavy (non-hydrogen) atoms. The monoisotopic (exact) mass is 471 g/mol. The number of hydrogen-bond donors (Lipinski definition) is 1. The molecule has 0 spiro atoms. The molecule has 3 aromatic rings. The molecule has 0 saturated heterocycles. The second-order valence-corrected chi connectivity index (χ2v) is 8.24. The number of para-hydroxylation sites is 2. The van der Waals surface area contributed by atoms with Crippen molar-refractivity contribution in [3.63, 3.8) is 0 Å². The van der Waals surface area contributed by atoms with Crippen LogP contribution in [-0.2, 0) is 11.2 Å². The van der Waals surface area contributed by atoms with Gasteiger partial charge in [0.1, 0.15) is 11.9 Å². The minimum atomic E-state index is -0.243. The van der Waals surface area contributed by atoms with Crippen LogP contribution in [0.2, 0.25) is 5.02 Å². The molecule has 9 heteroatoms. The smallest absolute Gasteiger partial charge is 0.258 e. The number of ether oxygens (including phenoxy) is 3. The fourth-order valence-corrected chi connectivity index (χ4v) is 4.05. The van der Waals surface area contributed by atoms with E-state index in [1.165, 1.54) is 11.8 Å². The Kier molecular flexibility index (Phi) is 7.02. The number of fused-ring (bicyclic) bond motifs is 1. The molecule has 1 N–H and O–H groups in total. The number of nitrogens with one attached hydrogen (secondary N) is 1. The summed E-state index contributed by atoms with van der Waals surface area (Å²) in [5.41, 5.74) is 2.70. The predicted octanol–water partition coefficient (Wildman–Crippen LogP) is 4.03. The van der Waals surface area contributed by atoms with E-state index in [4.69, 9.17) is 25.8 Å². The van der Waals surface area contributed by atoms with Crippen LogP contribution in [0.4, 0.5) is 0 Å². The van der Waals surface area contributed by atoms with Gasteiger partial charge in [-0.15, -0.1) is 0 Å². The zero-order chi connectivity index (χ0) is 22.5. The number of aromatic nitrogens is 2.